The van der Waals surface area contributed by atoms with Crippen LogP contribution >= 0.6 is 11.8 Å². The summed E-state index contributed by atoms with van der Waals surface area (Å²) in [4.78, 5) is 39.5. The Morgan fingerprint density at radius 2 is 1.49 bits per heavy atom. The van der Waals surface area contributed by atoms with Gasteiger partial charge in [-0.2, -0.15) is 11.8 Å². The van der Waals surface area contributed by atoms with E-state index in [-0.39, 0.29) is 47.3 Å². The van der Waals surface area contributed by atoms with Crippen molar-refractivity contribution in [2.75, 3.05) is 5.75 Å². The van der Waals surface area contributed by atoms with Gasteiger partial charge in [-0.1, -0.05) is 30.3 Å². The fourth-order valence-electron chi connectivity index (χ4n) is 4.44. The molecule has 4 rings (SSSR count). The minimum absolute atomic E-state index is 0. The van der Waals surface area contributed by atoms with Gasteiger partial charge in [-0.25, -0.2) is 0 Å². The van der Waals surface area contributed by atoms with E-state index in [0.717, 1.165) is 17.1 Å². The molecule has 0 bridgehead atoms. The van der Waals surface area contributed by atoms with Crippen molar-refractivity contribution in [2.45, 2.75) is 44.0 Å². The van der Waals surface area contributed by atoms with E-state index in [1.54, 1.807) is 36.8 Å². The fraction of sp³-hybridized carbons (Fsp3) is 0.258. The first-order valence-corrected chi connectivity index (χ1v) is 14.7. The molecule has 0 saturated carbocycles. The molecule has 0 amide bonds. The minimum Gasteiger partial charge on any atom is -0.545 e. The number of ketones is 1. The molecule has 1 unspecified atom stereocenters. The number of aromatic nitrogens is 3. The van der Waals surface area contributed by atoms with Crippen LogP contribution in [0, 0.1) is 0 Å². The number of Topliss-reactive ketones (excluding diaryl/α,β-unsaturated/α-hetero) is 1. The number of aromatic carboxylic acids is 1. The molecule has 43 heavy (non-hydrogen) atoms. The van der Waals surface area contributed by atoms with Gasteiger partial charge in [0.25, 0.3) is 0 Å². The van der Waals surface area contributed by atoms with Crippen molar-refractivity contribution in [1.82, 2.24) is 19.9 Å². The topological polar surface area (TPSA) is 140 Å². The molecular weight excluding hydrogens is 574 g/mol. The van der Waals surface area contributed by atoms with Crippen LogP contribution in [0.3, 0.4) is 0 Å². The molecule has 0 radical (unpaired) electrons. The maximum Gasteiger partial charge on any atom is 1.00 e. The molecule has 0 spiro atoms. The second-order valence-electron chi connectivity index (χ2n) is 9.87. The molecule has 0 saturated heterocycles. The van der Waals surface area contributed by atoms with Gasteiger partial charge in [0.1, 0.15) is 0 Å². The average Bonchev–Trinajstić information content (AvgIpc) is 3.00. The average molecular weight is 606 g/mol. The Hall–Kier alpha value is -2.90. The zero-order valence-electron chi connectivity index (χ0n) is 24.1. The first-order valence-electron chi connectivity index (χ1n) is 13.7. The normalized spacial score (nSPS) is 11.5. The first kappa shape index (κ1) is 34.6. The molecule has 3 heterocycles. The summed E-state index contributed by atoms with van der Waals surface area (Å²) in [6.45, 7) is 1.82. The Morgan fingerprint density at radius 1 is 0.837 bits per heavy atom. The number of carboxylic acid groups (broad SMARTS) is 1. The van der Waals surface area contributed by atoms with Crippen LogP contribution in [-0.2, 0) is 26.1 Å². The van der Waals surface area contributed by atoms with Crippen molar-refractivity contribution >= 4 is 30.6 Å². The van der Waals surface area contributed by atoms with Crippen LogP contribution in [0.1, 0.15) is 56.2 Å². The van der Waals surface area contributed by atoms with E-state index in [0.29, 0.717) is 49.4 Å². The zero-order chi connectivity index (χ0) is 29.7. The molecule has 216 valence electrons. The predicted octanol–water partition coefficient (Wildman–Crippen LogP) is -0.239. The van der Waals surface area contributed by atoms with E-state index in [4.69, 9.17) is 0 Å². The molecule has 1 aromatic carbocycles. The van der Waals surface area contributed by atoms with Crippen molar-refractivity contribution < 1.29 is 54.3 Å². The number of carbonyl (C=O) groups is 2. The van der Waals surface area contributed by atoms with Crippen LogP contribution in [-0.4, -0.2) is 59.7 Å². The summed E-state index contributed by atoms with van der Waals surface area (Å²) in [5.41, 5.74) is 3.96. The Labute approximate surface area is 278 Å². The smallest absolute Gasteiger partial charge is 0.545 e. The van der Waals surface area contributed by atoms with E-state index in [1.165, 1.54) is 23.9 Å². The molecule has 1 atom stereocenters. The Morgan fingerprint density at radius 3 is 2.02 bits per heavy atom. The Bertz CT molecular complexity index is 1390. The van der Waals surface area contributed by atoms with Crippen molar-refractivity contribution in [2.24, 2.45) is 0 Å². The van der Waals surface area contributed by atoms with Gasteiger partial charge >= 0.3 is 36.7 Å². The summed E-state index contributed by atoms with van der Waals surface area (Å²) in [5, 5.41) is 30.2. The third-order valence-electron chi connectivity index (χ3n) is 6.57. The van der Waals surface area contributed by atoms with E-state index in [9.17, 15) is 24.7 Å². The maximum atomic E-state index is 12.8. The van der Waals surface area contributed by atoms with Crippen molar-refractivity contribution in [3.05, 3.63) is 125 Å². The molecule has 12 heteroatoms. The number of rotatable bonds is 16. The third-order valence-corrected chi connectivity index (χ3v) is 7.93. The Balaban J connectivity index is 0.00000506. The van der Waals surface area contributed by atoms with Gasteiger partial charge in [0, 0.05) is 55.4 Å². The largest absolute Gasteiger partial charge is 1.00 e. The molecule has 2 N–H and O–H groups in total. The third kappa shape index (κ3) is 11.6. The second kappa shape index (κ2) is 18.0. The molecule has 0 aliphatic rings. The van der Waals surface area contributed by atoms with Gasteiger partial charge in [-0.05, 0) is 72.2 Å². The first-order chi connectivity index (χ1) is 20.4. The summed E-state index contributed by atoms with van der Waals surface area (Å²) in [6.07, 6.45) is 6.28. The number of hydrogen-bond acceptors (Lipinski definition) is 10. The van der Waals surface area contributed by atoms with Crippen LogP contribution < -0.4 is 34.7 Å². The summed E-state index contributed by atoms with van der Waals surface area (Å²) < 4.78 is 0. The van der Waals surface area contributed by atoms with Gasteiger partial charge in [0.2, 0.25) is 0 Å². The van der Waals surface area contributed by atoms with Crippen molar-refractivity contribution in [1.29, 1.82) is 0 Å². The van der Waals surface area contributed by atoms with E-state index in [1.807, 2.05) is 42.5 Å². The van der Waals surface area contributed by atoms with Crippen LogP contribution in [0.5, 0.6) is 0 Å². The molecule has 0 aliphatic carbocycles. The fourth-order valence-corrected chi connectivity index (χ4v) is 5.54. The zero-order valence-corrected chi connectivity index (χ0v) is 26.9. The van der Waals surface area contributed by atoms with Crippen molar-refractivity contribution in [3.63, 3.8) is 0 Å². The number of hydrogen-bond donors (Lipinski definition) is 2. The van der Waals surface area contributed by atoms with Crippen molar-refractivity contribution in [3.8, 4) is 0 Å². The van der Waals surface area contributed by atoms with Gasteiger partial charge < -0.3 is 19.9 Å². The van der Waals surface area contributed by atoms with Gasteiger partial charge in [0.15, 0.2) is 5.78 Å². The summed E-state index contributed by atoms with van der Waals surface area (Å²) in [7, 11) is -1.58. The molecule has 0 fully saturated rings. The number of benzene rings is 1. The Kier molecular flexibility index (Phi) is 14.5. The van der Waals surface area contributed by atoms with Crippen LogP contribution in [0.25, 0.3) is 0 Å². The standard InChI is InChI=1S/C31H33BN4O5S.Na/c37-29(11-6-16-42-30(32(40)41)18-23-7-5-8-24(17-23)31(38)39)25-12-13-28(35-19-25)22-36(20-26-9-1-3-14-33-26)21-27-10-2-4-15-34-27;/h1-5,7-10,12-15,17,19,30,40-41H,6,11,16,18,20-22H2,(H,38,39);/q;+1/p-1. The monoisotopic (exact) mass is 606 g/mol. The molecular formula is C31H32BN4NaO5S. The second-order valence-corrected chi connectivity index (χ2v) is 11.2. The van der Waals surface area contributed by atoms with Crippen LogP contribution in [0.4, 0.5) is 0 Å². The van der Waals surface area contributed by atoms with Gasteiger partial charge in [0.05, 0.1) is 23.1 Å². The number of nitrogens with zero attached hydrogens (tertiary/aromatic N) is 4. The summed E-state index contributed by atoms with van der Waals surface area (Å²) in [6, 6.07) is 21.6. The van der Waals surface area contributed by atoms with E-state index >= 15 is 0 Å². The minimum atomic E-state index is -1.58. The molecule has 4 aromatic rings. The number of thioether (sulfide) groups is 1. The number of carboxylic acids is 1. The quantitative estimate of drug-likeness (QED) is 0.0999. The van der Waals surface area contributed by atoms with E-state index in [2.05, 4.69) is 19.9 Å². The predicted molar refractivity (Wildman–Crippen MR) is 160 cm³/mol. The number of pyridine rings is 3. The van der Waals surface area contributed by atoms with Crippen LogP contribution in [0.15, 0.2) is 91.4 Å². The SMILES string of the molecule is O=C([O-])c1cccc(CC(SCCCC(=O)c2ccc(CN(Cc3ccccn3)Cc3ccccn3)nc2)B(O)O)c1.[Na+]. The summed E-state index contributed by atoms with van der Waals surface area (Å²) in [5.74, 6) is -0.774. The molecule has 9 nitrogen and oxygen atoms in total. The van der Waals surface area contributed by atoms with E-state index < -0.39 is 18.2 Å². The summed E-state index contributed by atoms with van der Waals surface area (Å²) >= 11 is 1.34. The van der Waals surface area contributed by atoms with Gasteiger partial charge in [-0.15, -0.1) is 0 Å². The van der Waals surface area contributed by atoms with Gasteiger partial charge in [-0.3, -0.25) is 24.6 Å². The maximum absolute atomic E-state index is 12.8. The molecule has 0 aliphatic heterocycles. The molecule has 3 aromatic heterocycles. The van der Waals surface area contributed by atoms with Crippen LogP contribution in [0.2, 0.25) is 0 Å². The number of carbonyl (C=O) groups excluding carboxylic acids is 2.